The van der Waals surface area contributed by atoms with Crippen LogP contribution in [-0.4, -0.2) is 33.1 Å². The van der Waals surface area contributed by atoms with E-state index in [2.05, 4.69) is 65.5 Å². The number of amides is 1. The minimum Gasteiger partial charge on any atom is -0.457 e. The number of hydrogen-bond donors (Lipinski definition) is 2. The molecule has 9 heteroatoms. The lowest BCUT2D eigenvalue weighted by atomic mass is 10.2. The Kier molecular flexibility index (Phi) is 5.98. The molecule has 4 rings (SSSR count). The van der Waals surface area contributed by atoms with E-state index in [1.807, 2.05) is 18.2 Å². The zero-order chi connectivity index (χ0) is 20.9. The third-order valence-corrected chi connectivity index (χ3v) is 5.10. The van der Waals surface area contributed by atoms with E-state index >= 15 is 0 Å². The summed E-state index contributed by atoms with van der Waals surface area (Å²) in [6.07, 6.45) is 1.52. The highest BCUT2D eigenvalue weighted by molar-refractivity contribution is 14.1. The van der Waals surface area contributed by atoms with Crippen LogP contribution in [-0.2, 0) is 4.43 Å². The number of nitrogens with zero attached hydrogens (tertiary/aromatic N) is 4. The van der Waals surface area contributed by atoms with Crippen molar-refractivity contribution in [3.63, 3.8) is 0 Å². The fourth-order valence-electron chi connectivity index (χ4n) is 2.70. The van der Waals surface area contributed by atoms with Crippen molar-refractivity contribution in [1.82, 2.24) is 25.5 Å². The molecular formula is C21H17IN6O2. The lowest BCUT2D eigenvalue weighted by Crippen LogP contribution is -2.18. The van der Waals surface area contributed by atoms with E-state index in [1.54, 1.807) is 31.3 Å². The molecule has 0 fully saturated rings. The summed E-state index contributed by atoms with van der Waals surface area (Å²) in [6.45, 7) is 0. The van der Waals surface area contributed by atoms with Gasteiger partial charge in [-0.05, 0) is 35.9 Å². The van der Waals surface area contributed by atoms with Gasteiger partial charge in [-0.25, -0.2) is 4.98 Å². The van der Waals surface area contributed by atoms with Crippen molar-refractivity contribution in [2.45, 2.75) is 4.43 Å². The first-order valence-corrected chi connectivity index (χ1v) is 10.6. The number of hydrogen-bond acceptors (Lipinski definition) is 7. The molecule has 0 radical (unpaired) electrons. The molecule has 0 aliphatic heterocycles. The first kappa shape index (κ1) is 20.0. The lowest BCUT2D eigenvalue weighted by molar-refractivity contribution is 0.0958. The number of carbonyl (C=O) groups excluding carboxylic acids is 1. The SMILES string of the molecule is CNC(=O)c1cc(Oc2ccc3nc(Nc4ccc(CI)cc4)nnc3c2)ccn1. The molecule has 150 valence electrons. The van der Waals surface area contributed by atoms with E-state index in [4.69, 9.17) is 4.74 Å². The average Bonchev–Trinajstić information content (AvgIpc) is 2.79. The summed E-state index contributed by atoms with van der Waals surface area (Å²) in [4.78, 5) is 20.3. The van der Waals surface area contributed by atoms with Crippen LogP contribution in [0, 0.1) is 0 Å². The molecule has 0 saturated heterocycles. The number of benzene rings is 2. The van der Waals surface area contributed by atoms with Gasteiger partial charge in [-0.2, -0.15) is 0 Å². The smallest absolute Gasteiger partial charge is 0.269 e. The first-order valence-electron chi connectivity index (χ1n) is 9.07. The highest BCUT2D eigenvalue weighted by atomic mass is 127. The molecule has 0 aliphatic rings. The summed E-state index contributed by atoms with van der Waals surface area (Å²) in [7, 11) is 1.55. The third-order valence-electron chi connectivity index (χ3n) is 4.22. The van der Waals surface area contributed by atoms with Gasteiger partial charge in [0.1, 0.15) is 22.7 Å². The summed E-state index contributed by atoms with van der Waals surface area (Å²) in [5.74, 6) is 1.19. The topological polar surface area (TPSA) is 102 Å². The van der Waals surface area contributed by atoms with Crippen molar-refractivity contribution >= 4 is 51.2 Å². The summed E-state index contributed by atoms with van der Waals surface area (Å²) in [5.41, 5.74) is 3.71. The van der Waals surface area contributed by atoms with E-state index in [0.717, 1.165) is 10.1 Å². The number of fused-ring (bicyclic) bond motifs is 1. The zero-order valence-corrected chi connectivity index (χ0v) is 18.1. The highest BCUT2D eigenvalue weighted by Gasteiger charge is 2.08. The van der Waals surface area contributed by atoms with Crippen LogP contribution in [0.25, 0.3) is 11.0 Å². The van der Waals surface area contributed by atoms with Crippen LogP contribution in [0.4, 0.5) is 11.6 Å². The molecule has 8 nitrogen and oxygen atoms in total. The van der Waals surface area contributed by atoms with Gasteiger partial charge in [0.2, 0.25) is 5.95 Å². The van der Waals surface area contributed by atoms with Gasteiger partial charge in [-0.3, -0.25) is 9.78 Å². The minimum absolute atomic E-state index is 0.277. The Bertz CT molecular complexity index is 1200. The van der Waals surface area contributed by atoms with Crippen LogP contribution in [0.5, 0.6) is 11.5 Å². The Balaban J connectivity index is 1.52. The number of carbonyl (C=O) groups is 1. The molecule has 0 atom stereocenters. The molecule has 0 aliphatic carbocycles. The number of alkyl halides is 1. The van der Waals surface area contributed by atoms with Crippen LogP contribution in [0.2, 0.25) is 0 Å². The largest absolute Gasteiger partial charge is 0.457 e. The van der Waals surface area contributed by atoms with Gasteiger partial charge in [0.15, 0.2) is 0 Å². The van der Waals surface area contributed by atoms with Crippen molar-refractivity contribution in [3.8, 4) is 11.5 Å². The Morgan fingerprint density at radius 2 is 1.80 bits per heavy atom. The standard InChI is InChI=1S/C21H17IN6O2/c1-23-20(29)19-11-16(8-9-24-19)30-15-6-7-17-18(10-15)27-28-21(26-17)25-14-4-2-13(12-22)3-5-14/h2-11H,12H2,1H3,(H,23,29)(H,25,26,28). The lowest BCUT2D eigenvalue weighted by Gasteiger charge is -2.08. The molecule has 0 unspecified atom stereocenters. The fourth-order valence-corrected chi connectivity index (χ4v) is 3.21. The van der Waals surface area contributed by atoms with Gasteiger partial charge in [0.25, 0.3) is 5.91 Å². The molecule has 0 saturated carbocycles. The summed E-state index contributed by atoms with van der Waals surface area (Å²) >= 11 is 2.33. The Hall–Kier alpha value is -3.34. The molecule has 2 heterocycles. The van der Waals surface area contributed by atoms with Crippen LogP contribution in [0.15, 0.2) is 60.8 Å². The Morgan fingerprint density at radius 3 is 2.57 bits per heavy atom. The van der Waals surface area contributed by atoms with E-state index in [9.17, 15) is 4.79 Å². The predicted octanol–water partition coefficient (Wildman–Crippen LogP) is 4.25. The van der Waals surface area contributed by atoms with Gasteiger partial charge < -0.3 is 15.4 Å². The monoisotopic (exact) mass is 512 g/mol. The van der Waals surface area contributed by atoms with Gasteiger partial charge >= 0.3 is 0 Å². The molecular weight excluding hydrogens is 495 g/mol. The number of halogens is 1. The second-order valence-corrected chi connectivity index (χ2v) is 7.06. The number of anilines is 2. The van der Waals surface area contributed by atoms with Gasteiger partial charge in [-0.1, -0.05) is 34.7 Å². The van der Waals surface area contributed by atoms with Crippen LogP contribution >= 0.6 is 22.6 Å². The first-order chi connectivity index (χ1) is 14.6. The van der Waals surface area contributed by atoms with Crippen molar-refractivity contribution in [3.05, 3.63) is 72.1 Å². The third kappa shape index (κ3) is 4.62. The molecule has 1 amide bonds. The molecule has 0 bridgehead atoms. The predicted molar refractivity (Wildman–Crippen MR) is 122 cm³/mol. The van der Waals surface area contributed by atoms with Crippen LogP contribution in [0.3, 0.4) is 0 Å². The molecule has 2 aromatic heterocycles. The normalized spacial score (nSPS) is 10.6. The number of pyridine rings is 1. The number of rotatable bonds is 6. The maximum absolute atomic E-state index is 11.7. The fraction of sp³-hybridized carbons (Fsp3) is 0.0952. The summed E-state index contributed by atoms with van der Waals surface area (Å²) in [5, 5.41) is 14.1. The number of nitrogens with one attached hydrogen (secondary N) is 2. The van der Waals surface area contributed by atoms with E-state index in [0.29, 0.717) is 28.5 Å². The molecule has 0 spiro atoms. The summed E-state index contributed by atoms with van der Waals surface area (Å²) < 4.78 is 6.80. The highest BCUT2D eigenvalue weighted by Crippen LogP contribution is 2.25. The summed E-state index contributed by atoms with van der Waals surface area (Å²) in [6, 6.07) is 16.7. The van der Waals surface area contributed by atoms with Gasteiger partial charge in [0.05, 0.1) is 5.52 Å². The van der Waals surface area contributed by atoms with E-state index in [1.165, 1.54) is 11.8 Å². The molecule has 4 aromatic rings. The maximum Gasteiger partial charge on any atom is 0.269 e. The average molecular weight is 512 g/mol. The zero-order valence-electron chi connectivity index (χ0n) is 16.0. The van der Waals surface area contributed by atoms with Gasteiger partial charge in [-0.15, -0.1) is 10.2 Å². The molecule has 2 N–H and O–H groups in total. The van der Waals surface area contributed by atoms with Crippen molar-refractivity contribution in [2.24, 2.45) is 0 Å². The van der Waals surface area contributed by atoms with Crippen LogP contribution in [0.1, 0.15) is 16.1 Å². The molecule has 30 heavy (non-hydrogen) atoms. The van der Waals surface area contributed by atoms with E-state index < -0.39 is 0 Å². The van der Waals surface area contributed by atoms with Crippen molar-refractivity contribution < 1.29 is 9.53 Å². The maximum atomic E-state index is 11.7. The number of aromatic nitrogens is 4. The quantitative estimate of drug-likeness (QED) is 0.294. The minimum atomic E-state index is -0.280. The van der Waals surface area contributed by atoms with Crippen molar-refractivity contribution in [1.29, 1.82) is 0 Å². The number of ether oxygens (including phenoxy) is 1. The second-order valence-electron chi connectivity index (χ2n) is 6.30. The second kappa shape index (κ2) is 8.99. The van der Waals surface area contributed by atoms with Crippen LogP contribution < -0.4 is 15.4 Å². The molecule has 2 aromatic carbocycles. The Morgan fingerprint density at radius 1 is 1.00 bits per heavy atom. The van der Waals surface area contributed by atoms with E-state index in [-0.39, 0.29) is 11.6 Å². The van der Waals surface area contributed by atoms with Gasteiger partial charge in [0, 0.05) is 35.5 Å². The Labute approximate surface area is 186 Å². The van der Waals surface area contributed by atoms with Crippen molar-refractivity contribution in [2.75, 3.05) is 12.4 Å².